The van der Waals surface area contributed by atoms with Crippen LogP contribution in [0.2, 0.25) is 0 Å². The maximum atomic E-state index is 11.5. The quantitative estimate of drug-likeness (QED) is 0.0591. The van der Waals surface area contributed by atoms with Crippen molar-refractivity contribution in [1.82, 2.24) is 0 Å². The summed E-state index contributed by atoms with van der Waals surface area (Å²) in [5.41, 5.74) is 5.56. The first kappa shape index (κ1) is 49.0. The maximum absolute atomic E-state index is 11.5. The van der Waals surface area contributed by atoms with Crippen molar-refractivity contribution in [3.8, 4) is 33.8 Å². The van der Waals surface area contributed by atoms with Gasteiger partial charge in [-0.2, -0.15) is 0 Å². The number of rotatable bonds is 19. The molecule has 17 nitrogen and oxygen atoms in total. The lowest BCUT2D eigenvalue weighted by molar-refractivity contribution is -0.277. The zero-order chi connectivity index (χ0) is 44.5. The molecule has 342 valence electrons. The number of carbonyl (C=O) groups is 2. The van der Waals surface area contributed by atoms with Gasteiger partial charge in [0.1, 0.15) is 60.3 Å². The van der Waals surface area contributed by atoms with Crippen molar-refractivity contribution < 1.29 is 85.1 Å². The molecule has 2 heterocycles. The summed E-state index contributed by atoms with van der Waals surface area (Å²) in [6.07, 6.45) is -10.3. The Kier molecular flexibility index (Phi) is 17.5. The number of carboxylic acids is 2. The molecule has 4 aromatic carbocycles. The molecule has 63 heavy (non-hydrogen) atoms. The molecular formula is C46H56O17. The van der Waals surface area contributed by atoms with Crippen LogP contribution in [0.4, 0.5) is 0 Å². The third-order valence-electron chi connectivity index (χ3n) is 11.1. The molecule has 6 rings (SSSR count). The highest BCUT2D eigenvalue weighted by Gasteiger charge is 2.46. The Morgan fingerprint density at radius 3 is 1.25 bits per heavy atom. The standard InChI is InChI=1S/C46H54O16.H2O/c47-23-35-39(53)41(55)43(57)45(61-35)59-33-15-13-25(19-31(33)29-11-5-9-27(17-29)21-37(49)50)7-3-1-2-4-8-26-14-16-34(60-46-44(58)42(56)40(54)36(24-48)62-46)32(20-26)30-12-6-10-28(18-30)22-38(51)52;/h5-6,9-20,35-36,39-48,53-58H,1-4,7-8,21-24H2,(H,49,50)(H,51,52);1H2/t35-,36-,39-,40-,41+,42+,43+,44+,45-,46-;/m1./s1. The average molecular weight is 881 g/mol. The first-order valence-corrected chi connectivity index (χ1v) is 20.6. The Labute approximate surface area is 363 Å². The van der Waals surface area contributed by atoms with Crippen molar-refractivity contribution in [2.45, 2.75) is 113 Å². The number of unbranched alkanes of at least 4 members (excludes halogenated alkanes) is 3. The lowest BCUT2D eigenvalue weighted by atomic mass is 9.95. The van der Waals surface area contributed by atoms with Crippen LogP contribution in [0.3, 0.4) is 0 Å². The molecule has 0 bridgehead atoms. The summed E-state index contributed by atoms with van der Waals surface area (Å²) in [4.78, 5) is 23.0. The van der Waals surface area contributed by atoms with E-state index in [0.29, 0.717) is 46.2 Å². The second-order valence-corrected chi connectivity index (χ2v) is 15.7. The molecule has 0 saturated carbocycles. The van der Waals surface area contributed by atoms with E-state index in [0.717, 1.165) is 36.8 Å². The van der Waals surface area contributed by atoms with Gasteiger partial charge in [0.15, 0.2) is 0 Å². The predicted molar refractivity (Wildman–Crippen MR) is 225 cm³/mol. The van der Waals surface area contributed by atoms with E-state index in [1.807, 2.05) is 24.3 Å². The molecule has 17 heteroatoms. The van der Waals surface area contributed by atoms with Crippen LogP contribution in [0.15, 0.2) is 84.9 Å². The van der Waals surface area contributed by atoms with Crippen LogP contribution in [0, 0.1) is 0 Å². The summed E-state index contributed by atoms with van der Waals surface area (Å²) >= 11 is 0. The molecule has 0 amide bonds. The minimum Gasteiger partial charge on any atom is -0.481 e. The van der Waals surface area contributed by atoms with Crippen molar-refractivity contribution in [2.24, 2.45) is 0 Å². The highest BCUT2D eigenvalue weighted by atomic mass is 16.7. The van der Waals surface area contributed by atoms with Gasteiger partial charge < -0.3 is 75.5 Å². The largest absolute Gasteiger partial charge is 0.481 e. The van der Waals surface area contributed by atoms with E-state index in [-0.39, 0.29) is 29.8 Å². The van der Waals surface area contributed by atoms with Crippen molar-refractivity contribution in [3.63, 3.8) is 0 Å². The van der Waals surface area contributed by atoms with Gasteiger partial charge >= 0.3 is 11.9 Å². The van der Waals surface area contributed by atoms with E-state index in [1.165, 1.54) is 0 Å². The smallest absolute Gasteiger partial charge is 0.307 e. The average Bonchev–Trinajstić information content (AvgIpc) is 3.25. The summed E-state index contributed by atoms with van der Waals surface area (Å²) in [7, 11) is 0. The van der Waals surface area contributed by atoms with Crippen molar-refractivity contribution in [3.05, 3.63) is 107 Å². The van der Waals surface area contributed by atoms with Crippen LogP contribution in [-0.2, 0) is 44.7 Å². The third-order valence-corrected chi connectivity index (χ3v) is 11.1. The van der Waals surface area contributed by atoms with Gasteiger partial charge in [0.25, 0.3) is 0 Å². The number of aliphatic carboxylic acids is 2. The van der Waals surface area contributed by atoms with E-state index >= 15 is 0 Å². The molecule has 4 aromatic rings. The predicted octanol–water partition coefficient (Wildman–Crippen LogP) is 1.15. The van der Waals surface area contributed by atoms with Crippen LogP contribution in [0.25, 0.3) is 22.3 Å². The van der Waals surface area contributed by atoms with Gasteiger partial charge in [0.05, 0.1) is 26.1 Å². The topological polar surface area (TPSA) is 305 Å². The first-order valence-electron chi connectivity index (χ1n) is 20.6. The van der Waals surface area contributed by atoms with Crippen molar-refractivity contribution >= 4 is 11.9 Å². The molecule has 0 aromatic heterocycles. The Morgan fingerprint density at radius 1 is 0.492 bits per heavy atom. The molecule has 2 fully saturated rings. The monoisotopic (exact) mass is 880 g/mol. The highest BCUT2D eigenvalue weighted by Crippen LogP contribution is 2.37. The van der Waals surface area contributed by atoms with Crippen LogP contribution in [-0.4, -0.2) is 143 Å². The summed E-state index contributed by atoms with van der Waals surface area (Å²) < 4.78 is 23.3. The second-order valence-electron chi connectivity index (χ2n) is 15.7. The lowest BCUT2D eigenvalue weighted by Gasteiger charge is -2.39. The van der Waals surface area contributed by atoms with E-state index < -0.39 is 86.6 Å². The van der Waals surface area contributed by atoms with Gasteiger partial charge in [0, 0.05) is 11.1 Å². The van der Waals surface area contributed by atoms with Gasteiger partial charge in [-0.25, -0.2) is 0 Å². The normalized spacial score (nSPS) is 25.8. The fourth-order valence-corrected chi connectivity index (χ4v) is 7.76. The Bertz CT molecular complexity index is 1980. The van der Waals surface area contributed by atoms with Crippen LogP contribution >= 0.6 is 0 Å². The third kappa shape index (κ3) is 12.4. The molecule has 0 radical (unpaired) electrons. The number of hydrogen-bond donors (Lipinski definition) is 10. The van der Waals surface area contributed by atoms with Crippen molar-refractivity contribution in [1.29, 1.82) is 0 Å². The number of aliphatic hydroxyl groups excluding tert-OH is 8. The molecule has 2 aliphatic heterocycles. The number of aliphatic hydroxyl groups is 8. The molecule has 2 aliphatic rings. The zero-order valence-electron chi connectivity index (χ0n) is 34.3. The van der Waals surface area contributed by atoms with Gasteiger partial charge in [-0.1, -0.05) is 73.5 Å². The number of hydrogen-bond acceptors (Lipinski definition) is 14. The molecule has 10 atom stereocenters. The Morgan fingerprint density at radius 2 is 0.889 bits per heavy atom. The van der Waals surface area contributed by atoms with E-state index in [9.17, 15) is 60.7 Å². The minimum absolute atomic E-state index is 0. The Balaban J connectivity index is 0.00000748. The number of benzene rings is 4. The number of aryl methyl sites for hydroxylation is 2. The molecule has 12 N–H and O–H groups in total. The van der Waals surface area contributed by atoms with E-state index in [4.69, 9.17) is 18.9 Å². The molecule has 0 unspecified atom stereocenters. The fourth-order valence-electron chi connectivity index (χ4n) is 7.76. The summed E-state index contributed by atoms with van der Waals surface area (Å²) in [6.45, 7) is -1.23. The summed E-state index contributed by atoms with van der Waals surface area (Å²) in [5.74, 6) is -1.42. The van der Waals surface area contributed by atoms with Crippen molar-refractivity contribution in [2.75, 3.05) is 13.2 Å². The first-order chi connectivity index (χ1) is 29.8. The van der Waals surface area contributed by atoms with Gasteiger partial charge in [-0.05, 0) is 83.3 Å². The molecule has 0 aliphatic carbocycles. The van der Waals surface area contributed by atoms with Gasteiger partial charge in [-0.3, -0.25) is 9.59 Å². The maximum Gasteiger partial charge on any atom is 0.307 e. The summed E-state index contributed by atoms with van der Waals surface area (Å²) in [5, 5.41) is 101. The molecular weight excluding hydrogens is 824 g/mol. The zero-order valence-corrected chi connectivity index (χ0v) is 34.3. The van der Waals surface area contributed by atoms with Gasteiger partial charge in [-0.15, -0.1) is 0 Å². The highest BCUT2D eigenvalue weighted by molar-refractivity contribution is 5.76. The SMILES string of the molecule is O.O=C(O)Cc1cccc(-c2cc(CCCCCCc3ccc(O[C@@H]4O[C@H](CO)[C@@H](O)[C@H](O)[C@@H]4O)c(-c4cccc(CC(=O)O)c4)c3)ccc2O[C@@H]2O[C@H](CO)[C@@H](O)[C@H](O)[C@@H]2O)c1. The van der Waals surface area contributed by atoms with E-state index in [1.54, 1.807) is 60.7 Å². The van der Waals surface area contributed by atoms with Crippen LogP contribution in [0.5, 0.6) is 11.5 Å². The molecule has 0 spiro atoms. The van der Waals surface area contributed by atoms with Crippen LogP contribution in [0.1, 0.15) is 47.9 Å². The van der Waals surface area contributed by atoms with E-state index in [2.05, 4.69) is 0 Å². The fraction of sp³-hybridized carbons (Fsp3) is 0.435. The lowest BCUT2D eigenvalue weighted by Crippen LogP contribution is -2.60. The Hall–Kier alpha value is -5.02. The number of ether oxygens (including phenoxy) is 4. The van der Waals surface area contributed by atoms with Crippen LogP contribution < -0.4 is 9.47 Å². The van der Waals surface area contributed by atoms with Gasteiger partial charge in [0.2, 0.25) is 12.6 Å². The molecule has 2 saturated heterocycles. The minimum atomic E-state index is -1.63. The second kappa shape index (κ2) is 22.6. The number of carboxylic acid groups (broad SMARTS) is 2. The summed E-state index contributed by atoms with van der Waals surface area (Å²) in [6, 6.07) is 24.9.